The Balaban J connectivity index is 1.23. The van der Waals surface area contributed by atoms with Crippen LogP contribution in [0.15, 0.2) is 84.0 Å². The van der Waals surface area contributed by atoms with Crippen LogP contribution in [-0.4, -0.2) is 79.6 Å². The molecule has 7 rings (SSSR count). The third-order valence-electron chi connectivity index (χ3n) is 11.7. The van der Waals surface area contributed by atoms with Crippen LogP contribution in [0, 0.1) is 17.8 Å². The van der Waals surface area contributed by atoms with Crippen molar-refractivity contribution in [3.63, 3.8) is 0 Å². The predicted molar refractivity (Wildman–Crippen MR) is 215 cm³/mol. The Labute approximate surface area is 333 Å². The molecule has 0 spiro atoms. The molecule has 2 fully saturated rings. The molecule has 3 heterocycles. The van der Waals surface area contributed by atoms with Gasteiger partial charge in [-0.05, 0) is 106 Å². The van der Waals surface area contributed by atoms with Crippen LogP contribution >= 0.6 is 27.5 Å². The van der Waals surface area contributed by atoms with Gasteiger partial charge in [0.1, 0.15) is 12.1 Å². The minimum absolute atomic E-state index is 0.0718. The van der Waals surface area contributed by atoms with Crippen molar-refractivity contribution in [1.82, 2.24) is 29.2 Å². The molecular weight excluding hydrogens is 764 g/mol. The summed E-state index contributed by atoms with van der Waals surface area (Å²) < 4.78 is 9.45. The fraction of sp³-hybridized carbons (Fsp3) is 0.488. The topological polar surface area (TPSA) is 83.8 Å². The first-order chi connectivity index (χ1) is 26.1. The second-order valence-corrected chi connectivity index (χ2v) is 17.1. The first-order valence-electron chi connectivity index (χ1n) is 19.6. The average molecular weight is 816 g/mol. The van der Waals surface area contributed by atoms with E-state index in [4.69, 9.17) is 21.3 Å². The number of fused-ring (bicyclic) bond motifs is 2. The van der Waals surface area contributed by atoms with Crippen molar-refractivity contribution in [2.45, 2.75) is 90.6 Å². The minimum Gasteiger partial charge on any atom is -0.446 e. The molecule has 286 valence electrons. The zero-order chi connectivity index (χ0) is 37.8. The van der Waals surface area contributed by atoms with Gasteiger partial charge in [-0.15, -0.1) is 0 Å². The Kier molecular flexibility index (Phi) is 12.4. The summed E-state index contributed by atoms with van der Waals surface area (Å²) >= 11 is 10.2. The lowest BCUT2D eigenvalue weighted by Gasteiger charge is -2.45. The van der Waals surface area contributed by atoms with Crippen LogP contribution in [0.4, 0.5) is 4.79 Å². The Morgan fingerprint density at radius 3 is 2.65 bits per heavy atom. The number of rotatable bonds is 10. The van der Waals surface area contributed by atoms with E-state index in [9.17, 15) is 4.79 Å². The molecule has 5 atom stereocenters. The molecule has 2 amide bonds. The van der Waals surface area contributed by atoms with Crippen LogP contribution in [-0.2, 0) is 35.5 Å². The van der Waals surface area contributed by atoms with Gasteiger partial charge in [-0.2, -0.15) is 0 Å². The summed E-state index contributed by atoms with van der Waals surface area (Å²) in [4.78, 5) is 44.9. The third-order valence-corrected chi connectivity index (χ3v) is 12.4. The number of nitrogens with zero attached hydrogens (tertiary/aromatic N) is 6. The molecule has 3 aliphatic rings. The van der Waals surface area contributed by atoms with Gasteiger partial charge in [-0.1, -0.05) is 75.2 Å². The van der Waals surface area contributed by atoms with Gasteiger partial charge in [0.25, 0.3) is 0 Å². The van der Waals surface area contributed by atoms with E-state index in [1.807, 2.05) is 46.1 Å². The molecule has 0 unspecified atom stereocenters. The van der Waals surface area contributed by atoms with E-state index < -0.39 is 6.04 Å². The van der Waals surface area contributed by atoms with Gasteiger partial charge >= 0.3 is 6.09 Å². The maximum atomic E-state index is 15.2. The summed E-state index contributed by atoms with van der Waals surface area (Å²) in [5, 5.41) is 0.706. The number of carbonyl (C=O) groups excluding carboxylic acids is 2. The average Bonchev–Trinajstić information content (AvgIpc) is 3.63. The van der Waals surface area contributed by atoms with Gasteiger partial charge in [-0.3, -0.25) is 19.6 Å². The van der Waals surface area contributed by atoms with Crippen molar-refractivity contribution in [2.75, 3.05) is 26.2 Å². The number of aryl methyl sites for hydroxylation is 3. The van der Waals surface area contributed by atoms with E-state index in [1.54, 1.807) is 17.4 Å². The van der Waals surface area contributed by atoms with Crippen LogP contribution < -0.4 is 0 Å². The highest BCUT2D eigenvalue weighted by molar-refractivity contribution is 9.10. The van der Waals surface area contributed by atoms with Gasteiger partial charge in [0.15, 0.2) is 0 Å². The molecule has 0 radical (unpaired) electrons. The quantitative estimate of drug-likeness (QED) is 0.160. The Morgan fingerprint density at radius 1 is 1.06 bits per heavy atom. The number of aromatic nitrogens is 3. The zero-order valence-electron chi connectivity index (χ0n) is 31.6. The van der Waals surface area contributed by atoms with Gasteiger partial charge in [0.2, 0.25) is 5.91 Å². The first-order valence-corrected chi connectivity index (χ1v) is 20.7. The highest BCUT2D eigenvalue weighted by atomic mass is 79.9. The molecule has 4 aromatic rings. The molecule has 11 heteroatoms. The molecule has 2 aliphatic carbocycles. The molecule has 54 heavy (non-hydrogen) atoms. The lowest BCUT2D eigenvalue weighted by atomic mass is 9.75. The SMILES string of the molecule is CC(C)[C@@H]1CC[C@@H](C)C[C@H]1OC(=O)N1CCN([C@H]2c3ccc(Cl)cc3CCc3cc(Br)cnc32)C[C@@H]1C(=O)N(CCCn1ccnc1)Cc1ccccc1. The Bertz CT molecular complexity index is 1840. The molecule has 0 bridgehead atoms. The monoisotopic (exact) mass is 814 g/mol. The first kappa shape index (κ1) is 38.5. The largest absolute Gasteiger partial charge is 0.446 e. The maximum absolute atomic E-state index is 15.2. The molecule has 2 aromatic carbocycles. The van der Waals surface area contributed by atoms with E-state index >= 15 is 4.79 Å². The van der Waals surface area contributed by atoms with Crippen LogP contribution in [0.5, 0.6) is 0 Å². The van der Waals surface area contributed by atoms with E-state index in [-0.39, 0.29) is 24.1 Å². The van der Waals surface area contributed by atoms with E-state index in [2.05, 4.69) is 76.9 Å². The van der Waals surface area contributed by atoms with Crippen molar-refractivity contribution in [3.05, 3.63) is 117 Å². The molecule has 2 aromatic heterocycles. The van der Waals surface area contributed by atoms with Crippen molar-refractivity contribution >= 4 is 39.5 Å². The molecule has 0 N–H and O–H groups in total. The number of ether oxygens (including phenoxy) is 1. The Hall–Kier alpha value is -3.73. The number of imidazole rings is 1. The molecular formula is C43H52BrClN6O3. The van der Waals surface area contributed by atoms with Crippen molar-refractivity contribution < 1.29 is 14.3 Å². The number of piperazine rings is 1. The third kappa shape index (κ3) is 8.87. The molecule has 1 aliphatic heterocycles. The lowest BCUT2D eigenvalue weighted by Crippen LogP contribution is -2.62. The zero-order valence-corrected chi connectivity index (χ0v) is 34.0. The number of hydrogen-bond acceptors (Lipinski definition) is 6. The molecule has 1 saturated carbocycles. The second kappa shape index (κ2) is 17.4. The van der Waals surface area contributed by atoms with Crippen LogP contribution in [0.3, 0.4) is 0 Å². The Morgan fingerprint density at radius 2 is 1.87 bits per heavy atom. The fourth-order valence-corrected chi connectivity index (χ4v) is 9.42. The number of pyridine rings is 1. The number of hydrogen-bond donors (Lipinski definition) is 0. The minimum atomic E-state index is -0.750. The fourth-order valence-electron chi connectivity index (χ4n) is 8.84. The van der Waals surface area contributed by atoms with Crippen molar-refractivity contribution in [3.8, 4) is 0 Å². The number of benzene rings is 2. The summed E-state index contributed by atoms with van der Waals surface area (Å²) in [5.41, 5.74) is 5.53. The summed E-state index contributed by atoms with van der Waals surface area (Å²) in [6, 6.07) is 17.5. The normalized spacial score (nSPS) is 23.0. The molecule has 9 nitrogen and oxygen atoms in total. The van der Waals surface area contributed by atoms with Crippen molar-refractivity contribution in [1.29, 1.82) is 0 Å². The van der Waals surface area contributed by atoms with Gasteiger partial charge in [0, 0.05) is 67.4 Å². The maximum Gasteiger partial charge on any atom is 0.410 e. The predicted octanol–water partition coefficient (Wildman–Crippen LogP) is 8.58. The van der Waals surface area contributed by atoms with E-state index in [0.717, 1.165) is 66.4 Å². The summed E-state index contributed by atoms with van der Waals surface area (Å²) in [6.07, 6.45) is 12.3. The van der Waals surface area contributed by atoms with Gasteiger partial charge < -0.3 is 14.2 Å². The smallest absolute Gasteiger partial charge is 0.410 e. The van der Waals surface area contributed by atoms with Gasteiger partial charge in [-0.25, -0.2) is 9.78 Å². The van der Waals surface area contributed by atoms with Crippen LogP contribution in [0.1, 0.15) is 80.4 Å². The summed E-state index contributed by atoms with van der Waals surface area (Å²) in [5.74, 6) is 1.12. The number of halogens is 2. The highest BCUT2D eigenvalue weighted by Crippen LogP contribution is 2.40. The highest BCUT2D eigenvalue weighted by Gasteiger charge is 2.44. The number of carbonyl (C=O) groups is 2. The number of amides is 2. The van der Waals surface area contributed by atoms with Gasteiger partial charge in [0.05, 0.1) is 18.1 Å². The standard InChI is InChI=1S/C43H52BrClN6O3/c1-29(2)36-14-10-30(3)22-39(36)54-43(53)51-21-20-49(41-37-15-13-35(45)24-32(37)11-12-33-23-34(44)25-47-40(33)41)27-38(51)42(52)50(26-31-8-5-4-6-9-31)18-7-17-48-19-16-46-28-48/h4-6,8-9,13,15-16,19,23-25,28-30,36,38-39,41H,7,10-12,14,17-18,20-22,26-27H2,1-3H3/t30-,36+,38-,39-,41+/m1/s1. The van der Waals surface area contributed by atoms with Crippen molar-refractivity contribution in [2.24, 2.45) is 17.8 Å². The lowest BCUT2D eigenvalue weighted by molar-refractivity contribution is -0.140. The molecule has 1 saturated heterocycles. The van der Waals surface area contributed by atoms with Crippen LogP contribution in [0.25, 0.3) is 0 Å². The van der Waals surface area contributed by atoms with Crippen LogP contribution in [0.2, 0.25) is 5.02 Å². The van der Waals surface area contributed by atoms with E-state index in [1.165, 1.54) is 11.1 Å². The second-order valence-electron chi connectivity index (χ2n) is 15.8. The summed E-state index contributed by atoms with van der Waals surface area (Å²) in [7, 11) is 0. The van der Waals surface area contributed by atoms with E-state index in [0.29, 0.717) is 55.5 Å². The summed E-state index contributed by atoms with van der Waals surface area (Å²) in [6.45, 7) is 9.68.